The maximum Gasteiger partial charge on any atom is 0.244 e. The molecule has 1 aromatic carbocycles. The van der Waals surface area contributed by atoms with Gasteiger partial charge in [0.15, 0.2) is 0 Å². The fourth-order valence-corrected chi connectivity index (χ4v) is 3.19. The van der Waals surface area contributed by atoms with E-state index in [9.17, 15) is 4.79 Å². The summed E-state index contributed by atoms with van der Waals surface area (Å²) in [6.45, 7) is 0.356. The van der Waals surface area contributed by atoms with E-state index in [0.29, 0.717) is 18.0 Å². The number of nitrogens with zero attached hydrogens (tertiary/aromatic N) is 2. The van der Waals surface area contributed by atoms with Crippen molar-refractivity contribution in [3.8, 4) is 22.1 Å². The van der Waals surface area contributed by atoms with Gasteiger partial charge in [-0.15, -0.1) is 11.3 Å². The number of methoxy groups -OCH3 is 2. The molecule has 0 fully saturated rings. The Morgan fingerprint density at radius 2 is 2.15 bits per heavy atom. The average Bonchev–Trinajstić information content (AvgIpc) is 3.20. The van der Waals surface area contributed by atoms with E-state index in [4.69, 9.17) is 9.47 Å². The van der Waals surface area contributed by atoms with E-state index in [1.807, 2.05) is 23.6 Å². The summed E-state index contributed by atoms with van der Waals surface area (Å²) in [5.41, 5.74) is 2.53. The Balaban J connectivity index is 1.60. The molecule has 0 aliphatic rings. The Bertz CT molecular complexity index is 939. The van der Waals surface area contributed by atoms with Crippen LogP contribution >= 0.6 is 11.3 Å². The largest absolute Gasteiger partial charge is 0.497 e. The second-order valence-corrected chi connectivity index (χ2v) is 6.40. The third-order valence-corrected chi connectivity index (χ3v) is 4.70. The minimum atomic E-state index is -0.212. The van der Waals surface area contributed by atoms with Crippen molar-refractivity contribution in [1.82, 2.24) is 15.3 Å². The number of hydrogen-bond donors (Lipinski definition) is 1. The smallest absolute Gasteiger partial charge is 0.244 e. The maximum atomic E-state index is 12.1. The molecule has 0 bridgehead atoms. The summed E-state index contributed by atoms with van der Waals surface area (Å²) in [6, 6.07) is 9.24. The lowest BCUT2D eigenvalue weighted by molar-refractivity contribution is -0.116. The molecule has 0 spiro atoms. The van der Waals surface area contributed by atoms with Gasteiger partial charge < -0.3 is 14.8 Å². The van der Waals surface area contributed by atoms with Crippen LogP contribution in [0, 0.1) is 0 Å². The summed E-state index contributed by atoms with van der Waals surface area (Å²) in [5.74, 6) is 1.15. The summed E-state index contributed by atoms with van der Waals surface area (Å²) >= 11 is 1.52. The molecule has 1 N–H and O–H groups in total. The zero-order valence-corrected chi connectivity index (χ0v) is 15.8. The molecule has 2 aromatic heterocycles. The van der Waals surface area contributed by atoms with Gasteiger partial charge in [0.25, 0.3) is 0 Å². The van der Waals surface area contributed by atoms with E-state index in [2.05, 4.69) is 15.3 Å². The molecule has 3 rings (SSSR count). The highest BCUT2D eigenvalue weighted by Gasteiger charge is 2.06. The number of rotatable bonds is 7. The van der Waals surface area contributed by atoms with Crippen LogP contribution in [0.4, 0.5) is 0 Å². The summed E-state index contributed by atoms with van der Waals surface area (Å²) < 4.78 is 10.5. The number of hydrogen-bond acceptors (Lipinski definition) is 6. The van der Waals surface area contributed by atoms with Crippen molar-refractivity contribution in [2.24, 2.45) is 0 Å². The molecule has 1 amide bonds. The third kappa shape index (κ3) is 4.92. The van der Waals surface area contributed by atoms with Crippen molar-refractivity contribution >= 4 is 23.3 Å². The molecular weight excluding hydrogens is 362 g/mol. The minimum Gasteiger partial charge on any atom is -0.497 e. The summed E-state index contributed by atoms with van der Waals surface area (Å²) in [7, 11) is 3.18. The van der Waals surface area contributed by atoms with Crippen LogP contribution in [0.1, 0.15) is 11.3 Å². The molecule has 0 radical (unpaired) electrons. The molecule has 0 saturated carbocycles. The SMILES string of the molecule is COc1ccc(OC)c(/C=C/C(=O)NCc2csc(-c3cccnc3)n2)c1. The molecule has 2 heterocycles. The zero-order chi connectivity index (χ0) is 19.1. The van der Waals surface area contributed by atoms with Crippen molar-refractivity contribution in [1.29, 1.82) is 0 Å². The molecule has 7 heteroatoms. The molecule has 0 unspecified atom stereocenters. The first kappa shape index (κ1) is 18.6. The normalized spacial score (nSPS) is 10.7. The molecule has 0 saturated heterocycles. The maximum absolute atomic E-state index is 12.1. The predicted molar refractivity (Wildman–Crippen MR) is 106 cm³/mol. The van der Waals surface area contributed by atoms with Crippen molar-refractivity contribution < 1.29 is 14.3 Å². The van der Waals surface area contributed by atoms with E-state index in [-0.39, 0.29) is 5.91 Å². The highest BCUT2D eigenvalue weighted by molar-refractivity contribution is 7.13. The van der Waals surface area contributed by atoms with Gasteiger partial charge in [0.2, 0.25) is 5.91 Å². The highest BCUT2D eigenvalue weighted by atomic mass is 32.1. The summed E-state index contributed by atoms with van der Waals surface area (Å²) in [4.78, 5) is 20.7. The number of benzene rings is 1. The Hall–Kier alpha value is -3.19. The first-order valence-corrected chi connectivity index (χ1v) is 9.10. The Labute approximate surface area is 161 Å². The van der Waals surface area contributed by atoms with Crippen LogP contribution in [-0.2, 0) is 11.3 Å². The van der Waals surface area contributed by atoms with E-state index < -0.39 is 0 Å². The van der Waals surface area contributed by atoms with Crippen molar-refractivity contribution in [2.45, 2.75) is 6.54 Å². The van der Waals surface area contributed by atoms with Crippen LogP contribution < -0.4 is 14.8 Å². The summed E-state index contributed by atoms with van der Waals surface area (Å²) in [5, 5.41) is 5.64. The molecule has 6 nitrogen and oxygen atoms in total. The van der Waals surface area contributed by atoms with Crippen molar-refractivity contribution in [3.63, 3.8) is 0 Å². The number of nitrogens with one attached hydrogen (secondary N) is 1. The van der Waals surface area contributed by atoms with Gasteiger partial charge in [-0.3, -0.25) is 9.78 Å². The van der Waals surface area contributed by atoms with Gasteiger partial charge in [-0.1, -0.05) is 0 Å². The van der Waals surface area contributed by atoms with E-state index in [0.717, 1.165) is 21.8 Å². The number of aromatic nitrogens is 2. The number of ether oxygens (including phenoxy) is 2. The van der Waals surface area contributed by atoms with Crippen molar-refractivity contribution in [2.75, 3.05) is 14.2 Å². The number of pyridine rings is 1. The Morgan fingerprint density at radius 3 is 2.89 bits per heavy atom. The van der Waals surface area contributed by atoms with E-state index in [1.54, 1.807) is 44.8 Å². The fourth-order valence-electron chi connectivity index (χ4n) is 2.38. The van der Waals surface area contributed by atoms with Gasteiger partial charge >= 0.3 is 0 Å². The standard InChI is InChI=1S/C20H19N3O3S/c1-25-17-6-7-18(26-2)14(10-17)5-8-19(24)22-12-16-13-27-20(23-16)15-4-3-9-21-11-15/h3-11,13H,12H2,1-2H3,(H,22,24)/b8-5+. The molecule has 3 aromatic rings. The highest BCUT2D eigenvalue weighted by Crippen LogP contribution is 2.25. The number of carbonyl (C=O) groups excluding carboxylic acids is 1. The molecule has 27 heavy (non-hydrogen) atoms. The van der Waals surface area contributed by atoms with Gasteiger partial charge in [-0.05, 0) is 36.4 Å². The fraction of sp³-hybridized carbons (Fsp3) is 0.150. The van der Waals surface area contributed by atoms with Crippen molar-refractivity contribution in [3.05, 3.63) is 65.4 Å². The monoisotopic (exact) mass is 381 g/mol. The lowest BCUT2D eigenvalue weighted by atomic mass is 10.1. The first-order valence-electron chi connectivity index (χ1n) is 8.22. The second kappa shape index (κ2) is 8.95. The number of carbonyl (C=O) groups is 1. The summed E-state index contributed by atoms with van der Waals surface area (Å²) in [6.07, 6.45) is 6.65. The second-order valence-electron chi connectivity index (χ2n) is 5.54. The van der Waals surface area contributed by atoms with Gasteiger partial charge in [-0.2, -0.15) is 0 Å². The van der Waals surface area contributed by atoms with Crippen LogP contribution in [-0.4, -0.2) is 30.1 Å². The third-order valence-electron chi connectivity index (χ3n) is 3.76. The van der Waals surface area contributed by atoms with Gasteiger partial charge in [-0.25, -0.2) is 4.98 Å². The van der Waals surface area contributed by atoms with Crippen LogP contribution in [0.3, 0.4) is 0 Å². The van der Waals surface area contributed by atoms with Crippen LogP contribution in [0.2, 0.25) is 0 Å². The molecular formula is C20H19N3O3S. The van der Waals surface area contributed by atoms with Crippen LogP contribution in [0.25, 0.3) is 16.6 Å². The Kier molecular flexibility index (Phi) is 6.17. The molecule has 0 aliphatic heterocycles. The van der Waals surface area contributed by atoms with Gasteiger partial charge in [0.1, 0.15) is 16.5 Å². The first-order chi connectivity index (χ1) is 13.2. The van der Waals surface area contributed by atoms with Gasteiger partial charge in [0, 0.05) is 35.0 Å². The number of amides is 1. The topological polar surface area (TPSA) is 73.3 Å². The molecule has 138 valence electrons. The lowest BCUT2D eigenvalue weighted by Crippen LogP contribution is -2.20. The quantitative estimate of drug-likeness (QED) is 0.634. The Morgan fingerprint density at radius 1 is 1.26 bits per heavy atom. The average molecular weight is 381 g/mol. The van der Waals surface area contributed by atoms with Crippen LogP contribution in [0.15, 0.2) is 54.2 Å². The number of thiazole rings is 1. The zero-order valence-electron chi connectivity index (χ0n) is 15.0. The van der Waals surface area contributed by atoms with Gasteiger partial charge in [0.05, 0.1) is 26.5 Å². The van der Waals surface area contributed by atoms with Crippen LogP contribution in [0.5, 0.6) is 11.5 Å². The minimum absolute atomic E-state index is 0.212. The molecule has 0 atom stereocenters. The van der Waals surface area contributed by atoms with E-state index in [1.165, 1.54) is 17.4 Å². The molecule has 0 aliphatic carbocycles. The van der Waals surface area contributed by atoms with E-state index >= 15 is 0 Å². The predicted octanol–water partition coefficient (Wildman–Crippen LogP) is 3.55. The lowest BCUT2D eigenvalue weighted by Gasteiger charge is -2.07.